The van der Waals surface area contributed by atoms with Gasteiger partial charge in [0, 0.05) is 18.1 Å². The van der Waals surface area contributed by atoms with E-state index in [2.05, 4.69) is 98.5 Å². The van der Waals surface area contributed by atoms with Crippen LogP contribution in [0.25, 0.3) is 0 Å². The van der Waals surface area contributed by atoms with Crippen molar-refractivity contribution >= 4 is 11.6 Å². The lowest BCUT2D eigenvalue weighted by Crippen LogP contribution is -2.49. The van der Waals surface area contributed by atoms with Crippen LogP contribution in [0.4, 0.5) is 0 Å². The van der Waals surface area contributed by atoms with Gasteiger partial charge >= 0.3 is 0 Å². The van der Waals surface area contributed by atoms with E-state index in [1.807, 2.05) is 6.07 Å². The molecule has 0 aliphatic carbocycles. The van der Waals surface area contributed by atoms with E-state index in [-0.39, 0.29) is 5.41 Å². The van der Waals surface area contributed by atoms with E-state index in [1.54, 1.807) is 0 Å². The molecule has 0 atom stereocenters. The van der Waals surface area contributed by atoms with Crippen LogP contribution in [-0.4, -0.2) is 18.0 Å². The summed E-state index contributed by atoms with van der Waals surface area (Å²) in [5.41, 5.74) is 5.69. The maximum atomic E-state index is 6.30. The SMILES string of the molecule is CC(C)(C)c1cc(Cl)ccc1CC1CN(C(c2ccccc2)c2ccccc2)C1. The van der Waals surface area contributed by atoms with E-state index in [4.69, 9.17) is 11.6 Å². The maximum absolute atomic E-state index is 6.30. The van der Waals surface area contributed by atoms with Gasteiger partial charge in [-0.25, -0.2) is 0 Å². The van der Waals surface area contributed by atoms with Crippen LogP contribution in [0.15, 0.2) is 78.9 Å². The van der Waals surface area contributed by atoms with Gasteiger partial charge < -0.3 is 0 Å². The van der Waals surface area contributed by atoms with Crippen LogP contribution in [0, 0.1) is 5.92 Å². The third-order valence-corrected chi connectivity index (χ3v) is 6.20. The van der Waals surface area contributed by atoms with Gasteiger partial charge in [-0.1, -0.05) is 99.1 Å². The van der Waals surface area contributed by atoms with Crippen molar-refractivity contribution in [2.75, 3.05) is 13.1 Å². The minimum Gasteiger partial charge on any atom is -0.292 e. The van der Waals surface area contributed by atoms with Crippen LogP contribution in [0.5, 0.6) is 0 Å². The van der Waals surface area contributed by atoms with Gasteiger partial charge in [0.1, 0.15) is 0 Å². The molecule has 1 fully saturated rings. The fourth-order valence-corrected chi connectivity index (χ4v) is 4.74. The summed E-state index contributed by atoms with van der Waals surface area (Å²) in [6.07, 6.45) is 1.12. The van der Waals surface area contributed by atoms with Crippen LogP contribution in [0.3, 0.4) is 0 Å². The molecule has 1 aliphatic rings. The fraction of sp³-hybridized carbons (Fsp3) is 0.333. The lowest BCUT2D eigenvalue weighted by molar-refractivity contribution is 0.0686. The Balaban J connectivity index is 1.51. The Morgan fingerprint density at radius 2 is 1.41 bits per heavy atom. The van der Waals surface area contributed by atoms with E-state index >= 15 is 0 Å². The zero-order valence-electron chi connectivity index (χ0n) is 17.6. The first-order chi connectivity index (χ1) is 13.9. The molecule has 0 aromatic heterocycles. The average molecular weight is 404 g/mol. The van der Waals surface area contributed by atoms with Crippen LogP contribution in [-0.2, 0) is 11.8 Å². The van der Waals surface area contributed by atoms with Gasteiger partial charge in [-0.2, -0.15) is 0 Å². The summed E-state index contributed by atoms with van der Waals surface area (Å²) in [5.74, 6) is 0.687. The number of nitrogens with zero attached hydrogens (tertiary/aromatic N) is 1. The molecule has 0 N–H and O–H groups in total. The zero-order chi connectivity index (χ0) is 20.4. The second kappa shape index (κ2) is 8.34. The number of likely N-dealkylation sites (tertiary alicyclic amines) is 1. The first-order valence-electron chi connectivity index (χ1n) is 10.5. The van der Waals surface area contributed by atoms with E-state index in [0.29, 0.717) is 12.0 Å². The zero-order valence-corrected chi connectivity index (χ0v) is 18.4. The summed E-state index contributed by atoms with van der Waals surface area (Å²) in [6.45, 7) is 9.07. The average Bonchev–Trinajstić information content (AvgIpc) is 2.68. The lowest BCUT2D eigenvalue weighted by Gasteiger charge is -2.45. The normalized spacial score (nSPS) is 15.5. The van der Waals surface area contributed by atoms with Crippen molar-refractivity contribution in [3.8, 4) is 0 Å². The summed E-state index contributed by atoms with van der Waals surface area (Å²) in [4.78, 5) is 2.61. The predicted octanol–water partition coefficient (Wildman–Crippen LogP) is 6.90. The Labute approximate surface area is 180 Å². The topological polar surface area (TPSA) is 3.24 Å². The van der Waals surface area contributed by atoms with E-state index in [0.717, 1.165) is 24.5 Å². The van der Waals surface area contributed by atoms with Crippen LogP contribution in [0.1, 0.15) is 49.1 Å². The number of hydrogen-bond donors (Lipinski definition) is 0. The summed E-state index contributed by atoms with van der Waals surface area (Å²) in [5, 5.41) is 0.835. The molecule has 0 spiro atoms. The second-order valence-corrected chi connectivity index (χ2v) is 9.74. The molecule has 1 nitrogen and oxygen atoms in total. The van der Waals surface area contributed by atoms with E-state index in [1.165, 1.54) is 22.3 Å². The first kappa shape index (κ1) is 20.2. The Bertz CT molecular complexity index is 898. The highest BCUT2D eigenvalue weighted by molar-refractivity contribution is 6.30. The molecule has 2 heteroatoms. The van der Waals surface area contributed by atoms with Crippen LogP contribution in [0.2, 0.25) is 5.02 Å². The van der Waals surface area contributed by atoms with Crippen LogP contribution >= 0.6 is 11.6 Å². The number of hydrogen-bond acceptors (Lipinski definition) is 1. The quantitative estimate of drug-likeness (QED) is 0.447. The first-order valence-corrected chi connectivity index (χ1v) is 10.9. The summed E-state index contributed by atoms with van der Waals surface area (Å²) >= 11 is 6.30. The minimum absolute atomic E-state index is 0.111. The molecule has 150 valence electrons. The maximum Gasteiger partial charge on any atom is 0.0602 e. The molecule has 1 aliphatic heterocycles. The van der Waals surface area contributed by atoms with Gasteiger partial charge in [-0.15, -0.1) is 0 Å². The minimum atomic E-state index is 0.111. The van der Waals surface area contributed by atoms with Crippen molar-refractivity contribution in [1.82, 2.24) is 4.90 Å². The van der Waals surface area contributed by atoms with Crippen molar-refractivity contribution in [3.63, 3.8) is 0 Å². The fourth-order valence-electron chi connectivity index (χ4n) is 4.57. The molecule has 29 heavy (non-hydrogen) atoms. The Morgan fingerprint density at radius 1 is 0.862 bits per heavy atom. The molecule has 0 bridgehead atoms. The monoisotopic (exact) mass is 403 g/mol. The van der Waals surface area contributed by atoms with Gasteiger partial charge in [-0.3, -0.25) is 4.90 Å². The van der Waals surface area contributed by atoms with Crippen LogP contribution < -0.4 is 0 Å². The molecule has 0 unspecified atom stereocenters. The number of benzene rings is 3. The second-order valence-electron chi connectivity index (χ2n) is 9.30. The summed E-state index contributed by atoms with van der Waals surface area (Å²) in [6, 6.07) is 28.5. The molecule has 4 rings (SSSR count). The smallest absolute Gasteiger partial charge is 0.0602 e. The van der Waals surface area contributed by atoms with Crippen molar-refractivity contribution < 1.29 is 0 Å². The highest BCUT2D eigenvalue weighted by Gasteiger charge is 2.34. The van der Waals surface area contributed by atoms with E-state index < -0.39 is 0 Å². The molecular formula is C27H30ClN. The van der Waals surface area contributed by atoms with Gasteiger partial charge in [0.2, 0.25) is 0 Å². The summed E-state index contributed by atoms with van der Waals surface area (Å²) < 4.78 is 0. The van der Waals surface area contributed by atoms with Crippen molar-refractivity contribution in [2.45, 2.75) is 38.6 Å². The Kier molecular flexibility index (Phi) is 5.81. The van der Waals surface area contributed by atoms with Crippen molar-refractivity contribution in [3.05, 3.63) is 106 Å². The predicted molar refractivity (Wildman–Crippen MR) is 124 cm³/mol. The molecular weight excluding hydrogens is 374 g/mol. The standard InChI is InChI=1S/C27H30ClN/c1-27(2,3)25-17-24(28)15-14-23(25)16-20-18-29(19-20)26(21-10-6-4-7-11-21)22-12-8-5-9-13-22/h4-15,17,20,26H,16,18-19H2,1-3H3. The summed E-state index contributed by atoms with van der Waals surface area (Å²) in [7, 11) is 0. The van der Waals surface area contributed by atoms with E-state index in [9.17, 15) is 0 Å². The number of halogens is 1. The largest absolute Gasteiger partial charge is 0.292 e. The highest BCUT2D eigenvalue weighted by Crippen LogP contribution is 2.37. The molecule has 0 saturated carbocycles. The Hall–Kier alpha value is -2.09. The third-order valence-electron chi connectivity index (χ3n) is 5.97. The van der Waals surface area contributed by atoms with Gasteiger partial charge in [0.25, 0.3) is 0 Å². The number of rotatable bonds is 5. The molecule has 1 saturated heterocycles. The highest BCUT2D eigenvalue weighted by atomic mass is 35.5. The van der Waals surface area contributed by atoms with Gasteiger partial charge in [0.15, 0.2) is 0 Å². The molecule has 3 aromatic rings. The lowest BCUT2D eigenvalue weighted by atomic mass is 9.79. The Morgan fingerprint density at radius 3 is 1.93 bits per heavy atom. The van der Waals surface area contributed by atoms with Gasteiger partial charge in [-0.05, 0) is 52.1 Å². The van der Waals surface area contributed by atoms with Gasteiger partial charge in [0.05, 0.1) is 6.04 Å². The molecule has 0 radical (unpaired) electrons. The molecule has 0 amide bonds. The third kappa shape index (κ3) is 4.57. The van der Waals surface area contributed by atoms with Crippen molar-refractivity contribution in [1.29, 1.82) is 0 Å². The molecule has 1 heterocycles. The van der Waals surface area contributed by atoms with Crippen molar-refractivity contribution in [2.24, 2.45) is 5.92 Å². The molecule has 3 aromatic carbocycles.